The Morgan fingerprint density at radius 3 is 2.48 bits per heavy atom. The number of hydrogen-bond acceptors (Lipinski definition) is 3. The number of rotatable bonds is 5. The normalized spacial score (nSPS) is 20.8. The minimum absolute atomic E-state index is 0.190. The van der Waals surface area contributed by atoms with E-state index in [-0.39, 0.29) is 11.9 Å². The van der Waals surface area contributed by atoms with Gasteiger partial charge >= 0.3 is 5.97 Å². The summed E-state index contributed by atoms with van der Waals surface area (Å²) < 4.78 is 1.90. The largest absolute Gasteiger partial charge is 0.481 e. The molecular weight excluding hydrogens is 318 g/mol. The first-order chi connectivity index (χ1) is 12.1. The maximum absolute atomic E-state index is 12.5. The van der Waals surface area contributed by atoms with Crippen molar-refractivity contribution in [3.8, 4) is 5.69 Å². The number of carbonyl (C=O) groups is 2. The molecular formula is C19H21N3O3. The lowest BCUT2D eigenvalue weighted by molar-refractivity contribution is -0.147. The lowest BCUT2D eigenvalue weighted by Gasteiger charge is -2.26. The van der Waals surface area contributed by atoms with E-state index in [1.807, 2.05) is 54.1 Å². The summed E-state index contributed by atoms with van der Waals surface area (Å²) in [6.07, 6.45) is 9.89. The van der Waals surface area contributed by atoms with Gasteiger partial charge in [-0.2, -0.15) is 0 Å². The quantitative estimate of drug-likeness (QED) is 0.820. The number of allylic oxidation sites excluding steroid dienone is 2. The van der Waals surface area contributed by atoms with E-state index in [0.717, 1.165) is 11.3 Å². The highest BCUT2D eigenvalue weighted by molar-refractivity contribution is 5.85. The number of carbonyl (C=O) groups excluding carboxylic acids is 1. The molecule has 3 rings (SSSR count). The summed E-state index contributed by atoms with van der Waals surface area (Å²) in [5, 5.41) is 12.3. The SMILES string of the molecule is C[C@H](NC(=O)[C@@H]1CC=CC[C@H]1C(=O)O)c1ccc(-n2ccnc2)cc1. The summed E-state index contributed by atoms with van der Waals surface area (Å²) in [4.78, 5) is 27.9. The molecule has 1 heterocycles. The van der Waals surface area contributed by atoms with Crippen LogP contribution < -0.4 is 5.32 Å². The Balaban J connectivity index is 1.67. The number of hydrogen-bond donors (Lipinski definition) is 2. The first kappa shape index (κ1) is 17.0. The molecule has 0 fully saturated rings. The number of benzene rings is 1. The number of imidazole rings is 1. The fourth-order valence-corrected chi connectivity index (χ4v) is 3.13. The molecule has 0 radical (unpaired) electrons. The van der Waals surface area contributed by atoms with Crippen LogP contribution in [0, 0.1) is 11.8 Å². The van der Waals surface area contributed by atoms with Crippen molar-refractivity contribution < 1.29 is 14.7 Å². The molecule has 0 spiro atoms. The fraction of sp³-hybridized carbons (Fsp3) is 0.316. The number of aliphatic carboxylic acids is 1. The smallest absolute Gasteiger partial charge is 0.307 e. The van der Waals surface area contributed by atoms with Crippen molar-refractivity contribution in [1.29, 1.82) is 0 Å². The van der Waals surface area contributed by atoms with Gasteiger partial charge in [-0.15, -0.1) is 0 Å². The van der Waals surface area contributed by atoms with Gasteiger partial charge in [0.15, 0.2) is 0 Å². The van der Waals surface area contributed by atoms with Crippen LogP contribution in [0.2, 0.25) is 0 Å². The minimum Gasteiger partial charge on any atom is -0.481 e. The van der Waals surface area contributed by atoms with Crippen molar-refractivity contribution in [2.75, 3.05) is 0 Å². The molecule has 1 aromatic carbocycles. The van der Waals surface area contributed by atoms with Crippen LogP contribution >= 0.6 is 0 Å². The van der Waals surface area contributed by atoms with Gasteiger partial charge in [-0.1, -0.05) is 24.3 Å². The maximum Gasteiger partial charge on any atom is 0.307 e. The Bertz CT molecular complexity index is 766. The molecule has 6 nitrogen and oxygen atoms in total. The number of amides is 1. The molecule has 1 aliphatic rings. The van der Waals surface area contributed by atoms with Crippen LogP contribution in [0.1, 0.15) is 31.4 Å². The Labute approximate surface area is 146 Å². The second-order valence-corrected chi connectivity index (χ2v) is 6.29. The molecule has 130 valence electrons. The average molecular weight is 339 g/mol. The number of carboxylic acids is 1. The fourth-order valence-electron chi connectivity index (χ4n) is 3.13. The third kappa shape index (κ3) is 3.79. The zero-order valence-corrected chi connectivity index (χ0v) is 14.0. The van der Waals surface area contributed by atoms with Gasteiger partial charge in [0.1, 0.15) is 0 Å². The third-order valence-electron chi connectivity index (χ3n) is 4.64. The van der Waals surface area contributed by atoms with Crippen LogP contribution in [-0.4, -0.2) is 26.5 Å². The van der Waals surface area contributed by atoms with Crippen molar-refractivity contribution in [2.24, 2.45) is 11.8 Å². The summed E-state index contributed by atoms with van der Waals surface area (Å²) in [7, 11) is 0. The molecule has 0 aliphatic heterocycles. The minimum atomic E-state index is -0.915. The number of carboxylic acid groups (broad SMARTS) is 1. The average Bonchev–Trinajstić information content (AvgIpc) is 3.16. The van der Waals surface area contributed by atoms with E-state index < -0.39 is 17.8 Å². The molecule has 2 N–H and O–H groups in total. The van der Waals surface area contributed by atoms with Crippen LogP contribution in [-0.2, 0) is 9.59 Å². The van der Waals surface area contributed by atoms with Crippen molar-refractivity contribution in [2.45, 2.75) is 25.8 Å². The highest BCUT2D eigenvalue weighted by Crippen LogP contribution is 2.27. The number of aromatic nitrogens is 2. The topological polar surface area (TPSA) is 84.2 Å². The first-order valence-corrected chi connectivity index (χ1v) is 8.32. The molecule has 1 aromatic heterocycles. The molecule has 1 aliphatic carbocycles. The van der Waals surface area contributed by atoms with Gasteiger partial charge in [0.25, 0.3) is 0 Å². The van der Waals surface area contributed by atoms with Gasteiger partial charge in [-0.25, -0.2) is 4.98 Å². The van der Waals surface area contributed by atoms with Crippen molar-refractivity contribution in [3.05, 3.63) is 60.7 Å². The number of nitrogens with one attached hydrogen (secondary N) is 1. The lowest BCUT2D eigenvalue weighted by Crippen LogP contribution is -2.39. The lowest BCUT2D eigenvalue weighted by atomic mass is 9.82. The van der Waals surface area contributed by atoms with Crippen LogP contribution in [0.25, 0.3) is 5.69 Å². The summed E-state index contributed by atoms with van der Waals surface area (Å²) in [5.74, 6) is -2.29. The summed E-state index contributed by atoms with van der Waals surface area (Å²) in [6, 6.07) is 7.64. The Kier molecular flexibility index (Phi) is 4.97. The highest BCUT2D eigenvalue weighted by Gasteiger charge is 2.34. The predicted octanol–water partition coefficient (Wildman–Crippen LogP) is 2.72. The molecule has 3 atom stereocenters. The zero-order chi connectivity index (χ0) is 17.8. The van der Waals surface area contributed by atoms with E-state index in [4.69, 9.17) is 0 Å². The molecule has 6 heteroatoms. The Hall–Kier alpha value is -2.89. The van der Waals surface area contributed by atoms with Gasteiger partial charge in [0.2, 0.25) is 5.91 Å². The molecule has 0 saturated carbocycles. The second kappa shape index (κ2) is 7.34. The second-order valence-electron chi connectivity index (χ2n) is 6.29. The van der Waals surface area contributed by atoms with Crippen LogP contribution in [0.15, 0.2) is 55.1 Å². The zero-order valence-electron chi connectivity index (χ0n) is 14.0. The monoisotopic (exact) mass is 339 g/mol. The van der Waals surface area contributed by atoms with Crippen molar-refractivity contribution in [1.82, 2.24) is 14.9 Å². The van der Waals surface area contributed by atoms with Crippen molar-refractivity contribution in [3.63, 3.8) is 0 Å². The van der Waals surface area contributed by atoms with Crippen LogP contribution in [0.5, 0.6) is 0 Å². The third-order valence-corrected chi connectivity index (χ3v) is 4.64. The Morgan fingerprint density at radius 1 is 1.20 bits per heavy atom. The van der Waals surface area contributed by atoms with Gasteiger partial charge in [0.05, 0.1) is 24.2 Å². The van der Waals surface area contributed by atoms with E-state index in [2.05, 4.69) is 10.3 Å². The maximum atomic E-state index is 12.5. The highest BCUT2D eigenvalue weighted by atomic mass is 16.4. The van der Waals surface area contributed by atoms with Gasteiger partial charge in [0, 0.05) is 18.1 Å². The summed E-state index contributed by atoms with van der Waals surface area (Å²) in [5.41, 5.74) is 1.96. The van der Waals surface area contributed by atoms with Crippen molar-refractivity contribution >= 4 is 11.9 Å². The Morgan fingerprint density at radius 2 is 1.88 bits per heavy atom. The summed E-state index contributed by atoms with van der Waals surface area (Å²) in [6.45, 7) is 1.90. The molecule has 0 unspecified atom stereocenters. The molecule has 2 aromatic rings. The molecule has 0 saturated heterocycles. The van der Waals surface area contributed by atoms with E-state index in [0.29, 0.717) is 12.8 Å². The van der Waals surface area contributed by atoms with Gasteiger partial charge in [-0.05, 0) is 37.5 Å². The molecule has 0 bridgehead atoms. The van der Waals surface area contributed by atoms with Gasteiger partial charge in [-0.3, -0.25) is 9.59 Å². The van der Waals surface area contributed by atoms with Gasteiger partial charge < -0.3 is 15.0 Å². The van der Waals surface area contributed by atoms with E-state index in [1.165, 1.54) is 0 Å². The molecule has 25 heavy (non-hydrogen) atoms. The first-order valence-electron chi connectivity index (χ1n) is 8.32. The predicted molar refractivity (Wildman–Crippen MR) is 93.1 cm³/mol. The standard InChI is InChI=1S/C19H21N3O3/c1-13(14-6-8-15(9-7-14)22-11-10-20-12-22)21-18(23)16-4-2-3-5-17(16)19(24)25/h2-3,6-13,16-17H,4-5H2,1H3,(H,21,23)(H,24,25)/t13-,16+,17+/m0/s1. The molecule has 1 amide bonds. The van der Waals surface area contributed by atoms with E-state index in [1.54, 1.807) is 12.5 Å². The van der Waals surface area contributed by atoms with E-state index >= 15 is 0 Å². The number of nitrogens with zero attached hydrogens (tertiary/aromatic N) is 2. The van der Waals surface area contributed by atoms with E-state index in [9.17, 15) is 14.7 Å². The summed E-state index contributed by atoms with van der Waals surface area (Å²) >= 11 is 0. The van der Waals surface area contributed by atoms with Crippen LogP contribution in [0.3, 0.4) is 0 Å². The van der Waals surface area contributed by atoms with Crippen LogP contribution in [0.4, 0.5) is 0 Å².